The van der Waals surface area contributed by atoms with E-state index in [0.29, 0.717) is 23.2 Å². The van der Waals surface area contributed by atoms with Crippen LogP contribution in [0.25, 0.3) is 0 Å². The fourth-order valence-electron chi connectivity index (χ4n) is 2.35. The molecule has 0 atom stereocenters. The Labute approximate surface area is 149 Å². The van der Waals surface area contributed by atoms with Crippen molar-refractivity contribution >= 4 is 17.5 Å². The number of hydrogen-bond donors (Lipinski definition) is 1. The molecule has 0 heterocycles. The van der Waals surface area contributed by atoms with Gasteiger partial charge in [-0.2, -0.15) is 0 Å². The molecule has 0 aliphatic rings. The summed E-state index contributed by atoms with van der Waals surface area (Å²) in [6.07, 6.45) is 1.85. The molecule has 0 bridgehead atoms. The zero-order chi connectivity index (χ0) is 17.4. The first-order valence-corrected chi connectivity index (χ1v) is 8.67. The molecule has 0 spiro atoms. The molecule has 0 saturated carbocycles. The van der Waals surface area contributed by atoms with Gasteiger partial charge >= 0.3 is 0 Å². The Hall–Kier alpha value is -2.00. The van der Waals surface area contributed by atoms with Crippen LogP contribution in [0, 0.1) is 0 Å². The van der Waals surface area contributed by atoms with Crippen LogP contribution in [0.3, 0.4) is 0 Å². The lowest BCUT2D eigenvalue weighted by molar-refractivity contribution is -0.123. The monoisotopic (exact) mass is 345 g/mol. The molecule has 2 aromatic rings. The van der Waals surface area contributed by atoms with Crippen molar-refractivity contribution in [1.29, 1.82) is 0 Å². The van der Waals surface area contributed by atoms with E-state index >= 15 is 0 Å². The Bertz CT molecular complexity index is 653. The van der Waals surface area contributed by atoms with Gasteiger partial charge in [0.1, 0.15) is 5.75 Å². The van der Waals surface area contributed by atoms with Crippen LogP contribution in [0.2, 0.25) is 5.02 Å². The van der Waals surface area contributed by atoms with Crippen molar-refractivity contribution in [2.45, 2.75) is 32.6 Å². The van der Waals surface area contributed by atoms with Crippen molar-refractivity contribution < 1.29 is 9.53 Å². The maximum atomic E-state index is 11.8. The van der Waals surface area contributed by atoms with Crippen LogP contribution >= 0.6 is 11.6 Å². The maximum absolute atomic E-state index is 11.8. The van der Waals surface area contributed by atoms with Crippen LogP contribution in [0.1, 0.15) is 37.3 Å². The Kier molecular flexibility index (Phi) is 7.13. The third kappa shape index (κ3) is 5.89. The minimum absolute atomic E-state index is 0.0210. The zero-order valence-electron chi connectivity index (χ0n) is 14.2. The largest absolute Gasteiger partial charge is 0.482 e. The summed E-state index contributed by atoms with van der Waals surface area (Å²) >= 11 is 5.98. The van der Waals surface area contributed by atoms with Crippen LogP contribution in [0.15, 0.2) is 48.5 Å². The molecule has 0 radical (unpaired) electrons. The van der Waals surface area contributed by atoms with E-state index in [1.165, 1.54) is 11.1 Å². The Morgan fingerprint density at radius 2 is 1.83 bits per heavy atom. The number of carbonyl (C=O) groups is 1. The van der Waals surface area contributed by atoms with Crippen LogP contribution in [0.4, 0.5) is 0 Å². The van der Waals surface area contributed by atoms with E-state index in [4.69, 9.17) is 16.3 Å². The van der Waals surface area contributed by atoms with E-state index in [9.17, 15) is 4.79 Å². The molecule has 0 aliphatic heterocycles. The molecule has 0 unspecified atom stereocenters. The molecule has 1 amide bonds. The highest BCUT2D eigenvalue weighted by molar-refractivity contribution is 6.32. The van der Waals surface area contributed by atoms with Crippen LogP contribution < -0.4 is 10.1 Å². The molecule has 3 nitrogen and oxygen atoms in total. The van der Waals surface area contributed by atoms with Gasteiger partial charge in [-0.3, -0.25) is 4.79 Å². The Morgan fingerprint density at radius 1 is 1.12 bits per heavy atom. The van der Waals surface area contributed by atoms with Crippen LogP contribution in [-0.4, -0.2) is 19.1 Å². The summed E-state index contributed by atoms with van der Waals surface area (Å²) in [5, 5.41) is 3.37. The van der Waals surface area contributed by atoms with E-state index in [-0.39, 0.29) is 12.5 Å². The first-order chi connectivity index (χ1) is 11.6. The quantitative estimate of drug-likeness (QED) is 0.710. The van der Waals surface area contributed by atoms with Gasteiger partial charge in [-0.15, -0.1) is 0 Å². The van der Waals surface area contributed by atoms with Gasteiger partial charge in [-0.05, 0) is 42.0 Å². The van der Waals surface area contributed by atoms with Gasteiger partial charge in [0.05, 0.1) is 5.02 Å². The number of amides is 1. The molecule has 0 aliphatic carbocycles. The summed E-state index contributed by atoms with van der Waals surface area (Å²) in [6, 6.07) is 15.8. The number of rotatable bonds is 8. The van der Waals surface area contributed by atoms with Crippen LogP contribution in [-0.2, 0) is 11.2 Å². The number of halogens is 1. The number of hydrogen-bond acceptors (Lipinski definition) is 2. The summed E-state index contributed by atoms with van der Waals surface area (Å²) in [6.45, 7) is 4.99. The number of ether oxygens (including phenoxy) is 1. The molecule has 0 fully saturated rings. The summed E-state index contributed by atoms with van der Waals surface area (Å²) in [5.74, 6) is 0.945. The van der Waals surface area contributed by atoms with Gasteiger partial charge in [0.2, 0.25) is 0 Å². The Balaban J connectivity index is 1.65. The second-order valence-electron chi connectivity index (χ2n) is 6.07. The first kappa shape index (κ1) is 18.3. The van der Waals surface area contributed by atoms with Gasteiger partial charge in [-0.25, -0.2) is 0 Å². The van der Waals surface area contributed by atoms with E-state index in [1.54, 1.807) is 12.1 Å². The summed E-state index contributed by atoms with van der Waals surface area (Å²) in [7, 11) is 0. The predicted molar refractivity (Wildman–Crippen MR) is 98.8 cm³/mol. The average molecular weight is 346 g/mol. The highest BCUT2D eigenvalue weighted by Crippen LogP contribution is 2.22. The van der Waals surface area contributed by atoms with Gasteiger partial charge in [0.15, 0.2) is 6.61 Å². The molecule has 1 N–H and O–H groups in total. The highest BCUT2D eigenvalue weighted by atomic mass is 35.5. The number of para-hydroxylation sites is 1. The molecule has 24 heavy (non-hydrogen) atoms. The van der Waals surface area contributed by atoms with Crippen molar-refractivity contribution in [3.8, 4) is 5.75 Å². The van der Waals surface area contributed by atoms with Gasteiger partial charge in [0, 0.05) is 6.54 Å². The SMILES string of the molecule is CC(C)c1ccc(CCCNC(=O)COc2ccccc2Cl)cc1. The van der Waals surface area contributed by atoms with Crippen molar-refractivity contribution in [2.75, 3.05) is 13.2 Å². The van der Waals surface area contributed by atoms with Gasteiger partial charge < -0.3 is 10.1 Å². The van der Waals surface area contributed by atoms with Crippen LogP contribution in [0.5, 0.6) is 5.75 Å². The normalized spacial score (nSPS) is 10.7. The fourth-order valence-corrected chi connectivity index (χ4v) is 2.54. The molecule has 2 rings (SSSR count). The standard InChI is InChI=1S/C20H24ClNO2/c1-15(2)17-11-9-16(10-12-17)6-5-13-22-20(23)14-24-19-8-4-3-7-18(19)21/h3-4,7-12,15H,5-6,13-14H2,1-2H3,(H,22,23). The molecular weight excluding hydrogens is 322 g/mol. The molecule has 4 heteroatoms. The van der Waals surface area contributed by atoms with Gasteiger partial charge in [0.25, 0.3) is 5.91 Å². The molecule has 0 aromatic heterocycles. The molecule has 2 aromatic carbocycles. The lowest BCUT2D eigenvalue weighted by Gasteiger charge is -2.09. The van der Waals surface area contributed by atoms with E-state index in [0.717, 1.165) is 12.8 Å². The first-order valence-electron chi connectivity index (χ1n) is 8.29. The van der Waals surface area contributed by atoms with E-state index < -0.39 is 0 Å². The minimum atomic E-state index is -0.134. The molecular formula is C20H24ClNO2. The number of carbonyl (C=O) groups excluding carboxylic acids is 1. The lowest BCUT2D eigenvalue weighted by atomic mass is 10.0. The van der Waals surface area contributed by atoms with Crippen molar-refractivity contribution in [1.82, 2.24) is 5.32 Å². The average Bonchev–Trinajstić information content (AvgIpc) is 2.58. The number of nitrogens with one attached hydrogen (secondary N) is 1. The van der Waals surface area contributed by atoms with E-state index in [1.807, 2.05) is 12.1 Å². The second-order valence-corrected chi connectivity index (χ2v) is 6.48. The van der Waals surface area contributed by atoms with Crippen molar-refractivity contribution in [3.63, 3.8) is 0 Å². The topological polar surface area (TPSA) is 38.3 Å². The van der Waals surface area contributed by atoms with E-state index in [2.05, 4.69) is 43.4 Å². The maximum Gasteiger partial charge on any atom is 0.257 e. The zero-order valence-corrected chi connectivity index (χ0v) is 15.0. The molecule has 128 valence electrons. The van der Waals surface area contributed by atoms with Crippen molar-refractivity contribution in [2.24, 2.45) is 0 Å². The summed E-state index contributed by atoms with van der Waals surface area (Å²) in [5.41, 5.74) is 2.64. The second kappa shape index (κ2) is 9.33. The minimum Gasteiger partial charge on any atom is -0.482 e. The number of aryl methyl sites for hydroxylation is 1. The number of benzene rings is 2. The lowest BCUT2D eigenvalue weighted by Crippen LogP contribution is -2.29. The van der Waals surface area contributed by atoms with Crippen molar-refractivity contribution in [3.05, 3.63) is 64.7 Å². The summed E-state index contributed by atoms with van der Waals surface area (Å²) in [4.78, 5) is 11.8. The third-order valence-electron chi connectivity index (χ3n) is 3.81. The summed E-state index contributed by atoms with van der Waals surface area (Å²) < 4.78 is 5.41. The molecule has 0 saturated heterocycles. The predicted octanol–water partition coefficient (Wildman–Crippen LogP) is 4.59. The smallest absolute Gasteiger partial charge is 0.257 e. The fraction of sp³-hybridized carbons (Fsp3) is 0.350. The van der Waals surface area contributed by atoms with Gasteiger partial charge in [-0.1, -0.05) is 61.8 Å². The Morgan fingerprint density at radius 3 is 2.50 bits per heavy atom. The highest BCUT2D eigenvalue weighted by Gasteiger charge is 2.05. The third-order valence-corrected chi connectivity index (χ3v) is 4.12.